The van der Waals surface area contributed by atoms with Gasteiger partial charge in [-0.15, -0.1) is 0 Å². The minimum atomic E-state index is -3.85. The van der Waals surface area contributed by atoms with Gasteiger partial charge in [0.25, 0.3) is 0 Å². The molecule has 0 heterocycles. The zero-order valence-electron chi connectivity index (χ0n) is 17.2. The number of benzene rings is 2. The molecular formula is C22H30N2O3S. The second-order valence-corrected chi connectivity index (χ2v) is 9.38. The third kappa shape index (κ3) is 5.91. The molecule has 0 bridgehead atoms. The van der Waals surface area contributed by atoms with Crippen molar-refractivity contribution in [2.45, 2.75) is 52.0 Å². The molecule has 0 aliphatic carbocycles. The van der Waals surface area contributed by atoms with Crippen molar-refractivity contribution in [2.75, 3.05) is 6.54 Å². The van der Waals surface area contributed by atoms with Crippen molar-refractivity contribution in [3.63, 3.8) is 0 Å². The largest absolute Gasteiger partial charge is 0.354 e. The van der Waals surface area contributed by atoms with Crippen LogP contribution in [0.25, 0.3) is 0 Å². The Morgan fingerprint density at radius 3 is 2.11 bits per heavy atom. The highest BCUT2D eigenvalue weighted by Crippen LogP contribution is 2.22. The number of nitrogens with one attached hydrogen (secondary N) is 2. The number of amides is 1. The van der Waals surface area contributed by atoms with Crippen LogP contribution >= 0.6 is 0 Å². The Labute approximate surface area is 168 Å². The number of sulfonamides is 1. The summed E-state index contributed by atoms with van der Waals surface area (Å²) < 4.78 is 28.9. The first-order valence-corrected chi connectivity index (χ1v) is 11.0. The Morgan fingerprint density at radius 2 is 1.57 bits per heavy atom. The van der Waals surface area contributed by atoms with E-state index in [9.17, 15) is 13.2 Å². The van der Waals surface area contributed by atoms with Crippen molar-refractivity contribution in [3.05, 3.63) is 64.7 Å². The summed E-state index contributed by atoms with van der Waals surface area (Å²) in [5, 5.41) is 2.85. The fraction of sp³-hybridized carbons (Fsp3) is 0.409. The molecule has 0 saturated heterocycles. The molecule has 1 amide bonds. The Hall–Kier alpha value is -2.18. The van der Waals surface area contributed by atoms with Crippen LogP contribution in [-0.2, 0) is 21.2 Å². The molecule has 0 spiro atoms. The predicted molar refractivity (Wildman–Crippen MR) is 113 cm³/mol. The number of rotatable bonds is 8. The minimum absolute atomic E-state index is 0.243. The van der Waals surface area contributed by atoms with Gasteiger partial charge < -0.3 is 5.32 Å². The molecule has 6 heteroatoms. The first-order chi connectivity index (χ1) is 13.1. The SMILES string of the molecule is Cc1cc(C)c(S(=O)(=O)N[C@@H](Cc2ccccc2)C(=O)NCC(C)C)c(C)c1. The van der Waals surface area contributed by atoms with Crippen molar-refractivity contribution in [1.82, 2.24) is 10.0 Å². The van der Waals surface area contributed by atoms with E-state index in [-0.39, 0.29) is 23.1 Å². The third-order valence-corrected chi connectivity index (χ3v) is 6.23. The van der Waals surface area contributed by atoms with E-state index in [1.54, 1.807) is 13.8 Å². The molecule has 0 radical (unpaired) electrons. The predicted octanol–water partition coefficient (Wildman–Crippen LogP) is 3.27. The third-order valence-electron chi connectivity index (χ3n) is 4.45. The summed E-state index contributed by atoms with van der Waals surface area (Å²) in [6.07, 6.45) is 0.286. The summed E-state index contributed by atoms with van der Waals surface area (Å²) >= 11 is 0. The van der Waals surface area contributed by atoms with Gasteiger partial charge in [0.05, 0.1) is 4.90 Å². The van der Waals surface area contributed by atoms with Gasteiger partial charge in [-0.25, -0.2) is 8.42 Å². The molecule has 5 nitrogen and oxygen atoms in total. The maximum Gasteiger partial charge on any atom is 0.241 e. The van der Waals surface area contributed by atoms with Crippen LogP contribution in [0, 0.1) is 26.7 Å². The fourth-order valence-electron chi connectivity index (χ4n) is 3.30. The van der Waals surface area contributed by atoms with Crippen LogP contribution in [0.4, 0.5) is 0 Å². The Kier molecular flexibility index (Phi) is 7.38. The number of hydrogen-bond acceptors (Lipinski definition) is 3. The maximum absolute atomic E-state index is 13.1. The van der Waals surface area contributed by atoms with Crippen molar-refractivity contribution >= 4 is 15.9 Å². The lowest BCUT2D eigenvalue weighted by molar-refractivity contribution is -0.122. The van der Waals surface area contributed by atoms with Crippen molar-refractivity contribution in [3.8, 4) is 0 Å². The molecular weight excluding hydrogens is 372 g/mol. The lowest BCUT2D eigenvalue weighted by Crippen LogP contribution is -2.48. The Bertz CT molecular complexity index is 899. The van der Waals surface area contributed by atoms with Gasteiger partial charge >= 0.3 is 0 Å². The zero-order valence-corrected chi connectivity index (χ0v) is 18.1. The monoisotopic (exact) mass is 402 g/mol. The van der Waals surface area contributed by atoms with Crippen molar-refractivity contribution < 1.29 is 13.2 Å². The van der Waals surface area contributed by atoms with E-state index >= 15 is 0 Å². The van der Waals surface area contributed by atoms with Crippen LogP contribution in [0.15, 0.2) is 47.4 Å². The minimum Gasteiger partial charge on any atom is -0.354 e. The number of hydrogen-bond donors (Lipinski definition) is 2. The number of carbonyl (C=O) groups excluding carboxylic acids is 1. The average molecular weight is 403 g/mol. The summed E-state index contributed by atoms with van der Waals surface area (Å²) in [7, 11) is -3.85. The quantitative estimate of drug-likeness (QED) is 0.712. The molecule has 0 unspecified atom stereocenters. The smallest absolute Gasteiger partial charge is 0.241 e. The summed E-state index contributed by atoms with van der Waals surface area (Å²) in [6, 6.07) is 12.2. The molecule has 2 aromatic rings. The van der Waals surface area contributed by atoms with Crippen LogP contribution in [0.1, 0.15) is 36.1 Å². The van der Waals surface area contributed by atoms with Crippen molar-refractivity contribution in [2.24, 2.45) is 5.92 Å². The maximum atomic E-state index is 13.1. The number of aryl methyl sites for hydroxylation is 3. The molecule has 2 N–H and O–H groups in total. The van der Waals surface area contributed by atoms with E-state index in [0.29, 0.717) is 17.7 Å². The lowest BCUT2D eigenvalue weighted by Gasteiger charge is -2.21. The number of carbonyl (C=O) groups is 1. The van der Waals surface area contributed by atoms with Gasteiger partial charge in [-0.3, -0.25) is 4.79 Å². The summed E-state index contributed by atoms with van der Waals surface area (Å²) in [5.41, 5.74) is 3.24. The van der Waals surface area contributed by atoms with Gasteiger partial charge in [-0.05, 0) is 49.8 Å². The van der Waals surface area contributed by atoms with E-state index in [2.05, 4.69) is 10.0 Å². The molecule has 0 fully saturated rings. The Morgan fingerprint density at radius 1 is 1.00 bits per heavy atom. The molecule has 2 rings (SSSR count). The summed E-state index contributed by atoms with van der Waals surface area (Å²) in [5.74, 6) is -0.0388. The van der Waals surface area contributed by atoms with E-state index in [1.807, 2.05) is 63.2 Å². The first kappa shape index (κ1) is 22.1. The summed E-state index contributed by atoms with van der Waals surface area (Å²) in [6.45, 7) is 9.97. The fourth-order valence-corrected chi connectivity index (χ4v) is 4.95. The van der Waals surface area contributed by atoms with Gasteiger partial charge in [-0.1, -0.05) is 61.9 Å². The van der Waals surface area contributed by atoms with Crippen LogP contribution < -0.4 is 10.0 Å². The summed E-state index contributed by atoms with van der Waals surface area (Å²) in [4.78, 5) is 13.0. The first-order valence-electron chi connectivity index (χ1n) is 9.52. The van der Waals surface area contributed by atoms with Crippen molar-refractivity contribution in [1.29, 1.82) is 0 Å². The molecule has 1 atom stereocenters. The van der Waals surface area contributed by atoms with Crippen LogP contribution in [0.3, 0.4) is 0 Å². The van der Waals surface area contributed by atoms with Crippen LogP contribution in [-0.4, -0.2) is 26.9 Å². The van der Waals surface area contributed by atoms with Gasteiger partial charge in [0, 0.05) is 6.54 Å². The van der Waals surface area contributed by atoms with E-state index in [1.165, 1.54) is 0 Å². The zero-order chi connectivity index (χ0) is 20.9. The standard InChI is InChI=1S/C22H30N2O3S/c1-15(2)14-23-22(25)20(13-19-9-7-6-8-10-19)24-28(26,27)21-17(4)11-16(3)12-18(21)5/h6-12,15,20,24H,13-14H2,1-5H3,(H,23,25)/t20-/m0/s1. The molecule has 28 heavy (non-hydrogen) atoms. The molecule has 0 saturated carbocycles. The molecule has 0 aliphatic rings. The van der Waals surface area contributed by atoms with Gasteiger partial charge in [0.1, 0.15) is 6.04 Å². The second kappa shape index (κ2) is 9.34. The van der Waals surface area contributed by atoms with Gasteiger partial charge in [0.15, 0.2) is 0 Å². The highest BCUT2D eigenvalue weighted by molar-refractivity contribution is 7.89. The van der Waals surface area contributed by atoms with E-state index < -0.39 is 16.1 Å². The molecule has 2 aromatic carbocycles. The highest BCUT2D eigenvalue weighted by atomic mass is 32.2. The topological polar surface area (TPSA) is 75.3 Å². The highest BCUT2D eigenvalue weighted by Gasteiger charge is 2.28. The molecule has 152 valence electrons. The van der Waals surface area contributed by atoms with Gasteiger partial charge in [-0.2, -0.15) is 4.72 Å². The average Bonchev–Trinajstić information content (AvgIpc) is 2.58. The molecule has 0 aliphatic heterocycles. The molecule has 0 aromatic heterocycles. The van der Waals surface area contributed by atoms with E-state index in [0.717, 1.165) is 11.1 Å². The van der Waals surface area contributed by atoms with E-state index in [4.69, 9.17) is 0 Å². The second-order valence-electron chi connectivity index (χ2n) is 7.73. The van der Waals surface area contributed by atoms with Crippen LogP contribution in [0.5, 0.6) is 0 Å². The lowest BCUT2D eigenvalue weighted by atomic mass is 10.1. The Balaban J connectivity index is 2.33. The van der Waals surface area contributed by atoms with Crippen LogP contribution in [0.2, 0.25) is 0 Å². The van der Waals surface area contributed by atoms with Gasteiger partial charge in [0.2, 0.25) is 15.9 Å². The normalized spacial score (nSPS) is 12.8.